The van der Waals surface area contributed by atoms with Crippen molar-refractivity contribution in [3.63, 3.8) is 0 Å². The lowest BCUT2D eigenvalue weighted by Crippen LogP contribution is -2.49. The SMILES string of the molecule is CNC(=O)c1cc(C)cc2c1ccc(=O)n2CCN1CCC(N(Cc2ccc3c(c2)OCCO3)C(=O)OC(C)(C)C)CC1.Cc1cc(C(=O)O)c2ccc(=O)n(CCN3CCC(N(Cc4ccc5c(c4)OCCO5)C(=O)OC(C)(C)C)CC3)c2c1. The molecule has 2 aromatic heterocycles. The zero-order valence-corrected chi connectivity index (χ0v) is 50.5. The predicted octanol–water partition coefficient (Wildman–Crippen LogP) is 9.02. The average Bonchev–Trinajstić information content (AvgIpc) is 1.64. The van der Waals surface area contributed by atoms with Crippen LogP contribution in [0.25, 0.3) is 21.8 Å². The van der Waals surface area contributed by atoms with Crippen molar-refractivity contribution in [1.29, 1.82) is 0 Å². The number of hydrogen-bond acceptors (Lipinski definition) is 14. The molecule has 4 aliphatic heterocycles. The fourth-order valence-corrected chi connectivity index (χ4v) is 11.5. The smallest absolute Gasteiger partial charge is 0.410 e. The van der Waals surface area contributed by atoms with Crippen molar-refractivity contribution in [3.8, 4) is 23.0 Å². The molecule has 4 aromatic carbocycles. The maximum Gasteiger partial charge on any atom is 0.410 e. The monoisotopic (exact) mass is 1170 g/mol. The number of amides is 3. The Hall–Kier alpha value is -8.10. The number of carboxylic acid groups (broad SMARTS) is 1. The first-order valence-electron chi connectivity index (χ1n) is 29.5. The molecule has 85 heavy (non-hydrogen) atoms. The third kappa shape index (κ3) is 15.4. The van der Waals surface area contributed by atoms with Gasteiger partial charge in [-0.25, -0.2) is 14.4 Å². The number of carbonyl (C=O) groups excluding carboxylic acids is 3. The third-order valence-electron chi connectivity index (χ3n) is 15.7. The predicted molar refractivity (Wildman–Crippen MR) is 324 cm³/mol. The lowest BCUT2D eigenvalue weighted by Gasteiger charge is -2.39. The maximum absolute atomic E-state index is 13.4. The van der Waals surface area contributed by atoms with Gasteiger partial charge >= 0.3 is 18.2 Å². The van der Waals surface area contributed by atoms with E-state index in [-0.39, 0.29) is 46.9 Å². The summed E-state index contributed by atoms with van der Waals surface area (Å²) >= 11 is 0. The van der Waals surface area contributed by atoms with Gasteiger partial charge in [0, 0.05) is 113 Å². The van der Waals surface area contributed by atoms with E-state index in [2.05, 4.69) is 15.1 Å². The summed E-state index contributed by atoms with van der Waals surface area (Å²) in [5.41, 5.74) is 4.29. The first-order chi connectivity index (χ1) is 40.5. The fourth-order valence-electron chi connectivity index (χ4n) is 11.5. The summed E-state index contributed by atoms with van der Waals surface area (Å²) in [7, 11) is 1.61. The Morgan fingerprint density at radius 1 is 0.541 bits per heavy atom. The molecule has 454 valence electrons. The molecule has 20 heteroatoms. The van der Waals surface area contributed by atoms with Crippen LogP contribution in [0.3, 0.4) is 0 Å². The highest BCUT2D eigenvalue weighted by Gasteiger charge is 2.34. The second kappa shape index (κ2) is 26.4. The number of fused-ring (bicyclic) bond motifs is 4. The van der Waals surface area contributed by atoms with Crippen LogP contribution in [0.15, 0.2) is 94.5 Å². The summed E-state index contributed by atoms with van der Waals surface area (Å²) in [5, 5.41) is 13.7. The van der Waals surface area contributed by atoms with Gasteiger partial charge in [-0.2, -0.15) is 0 Å². The Balaban J connectivity index is 0.000000204. The number of benzene rings is 4. The molecule has 6 heterocycles. The van der Waals surface area contributed by atoms with Crippen LogP contribution < -0.4 is 35.4 Å². The van der Waals surface area contributed by atoms with Crippen molar-refractivity contribution in [2.75, 3.05) is 72.7 Å². The molecule has 4 aliphatic rings. The number of aromatic nitrogens is 2. The van der Waals surface area contributed by atoms with Gasteiger partial charge in [0.1, 0.15) is 37.6 Å². The van der Waals surface area contributed by atoms with Crippen LogP contribution in [-0.4, -0.2) is 154 Å². The summed E-state index contributed by atoms with van der Waals surface area (Å²) in [5.74, 6) is 1.63. The third-order valence-corrected chi connectivity index (χ3v) is 15.7. The highest BCUT2D eigenvalue weighted by molar-refractivity contribution is 6.06. The zero-order valence-electron chi connectivity index (χ0n) is 50.5. The highest BCUT2D eigenvalue weighted by Crippen LogP contribution is 2.34. The van der Waals surface area contributed by atoms with Gasteiger partial charge in [0.2, 0.25) is 0 Å². The molecule has 10 rings (SSSR count). The second-order valence-corrected chi connectivity index (χ2v) is 24.3. The Kier molecular flexibility index (Phi) is 19.1. The summed E-state index contributed by atoms with van der Waals surface area (Å²) in [4.78, 5) is 85.1. The van der Waals surface area contributed by atoms with E-state index in [0.29, 0.717) is 99.4 Å². The van der Waals surface area contributed by atoms with Gasteiger partial charge in [-0.1, -0.05) is 12.1 Å². The highest BCUT2D eigenvalue weighted by atomic mass is 16.6. The van der Waals surface area contributed by atoms with Crippen molar-refractivity contribution >= 4 is 45.9 Å². The van der Waals surface area contributed by atoms with Gasteiger partial charge in [-0.15, -0.1) is 0 Å². The summed E-state index contributed by atoms with van der Waals surface area (Å²) in [6.07, 6.45) is 2.42. The minimum absolute atomic E-state index is 0.00893. The molecule has 0 spiro atoms. The van der Waals surface area contributed by atoms with Crippen molar-refractivity contribution < 1.29 is 52.7 Å². The molecule has 0 unspecified atom stereocenters. The minimum Gasteiger partial charge on any atom is -0.486 e. The first kappa shape index (κ1) is 61.5. The number of nitrogens with zero attached hydrogens (tertiary/aromatic N) is 6. The van der Waals surface area contributed by atoms with E-state index in [9.17, 15) is 33.9 Å². The van der Waals surface area contributed by atoms with E-state index in [4.69, 9.17) is 28.4 Å². The van der Waals surface area contributed by atoms with Crippen LogP contribution >= 0.6 is 0 Å². The number of likely N-dealkylation sites (tertiary alicyclic amines) is 2. The summed E-state index contributed by atoms with van der Waals surface area (Å²) in [6, 6.07) is 25.2. The molecule has 2 saturated heterocycles. The van der Waals surface area contributed by atoms with Gasteiger partial charge in [-0.05, 0) is 164 Å². The van der Waals surface area contributed by atoms with Crippen LogP contribution in [0.4, 0.5) is 9.59 Å². The Morgan fingerprint density at radius 2 is 0.929 bits per heavy atom. The standard InChI is InChI=1S/C33H42N4O6.C32H39N3O7/c1-22-18-26(31(39)34-5)25-7-9-30(38)36(27(25)19-22)15-14-35-12-10-24(11-13-35)37(32(40)43-33(2,3)4)21-23-6-8-28-29(20-23)42-17-16-41-28;1-21-17-25(30(37)38)24-6-8-29(36)34(26(24)18-21)14-13-33-11-9-23(10-12-33)35(31(39)42-32(2,3)4)20-22-5-7-27-28(19-22)41-16-15-40-27/h6-9,18-20,24H,10-17,21H2,1-5H3,(H,34,39);5-8,17-19,23H,9-16,20H2,1-4H3,(H,37,38). The number of ether oxygens (including phenoxy) is 6. The molecule has 0 saturated carbocycles. The van der Waals surface area contributed by atoms with Crippen LogP contribution in [0.1, 0.15) is 110 Å². The van der Waals surface area contributed by atoms with Crippen molar-refractivity contribution in [1.82, 2.24) is 34.1 Å². The van der Waals surface area contributed by atoms with E-state index in [1.807, 2.05) is 120 Å². The zero-order chi connectivity index (χ0) is 60.7. The quantitative estimate of drug-likeness (QED) is 0.104. The van der Waals surface area contributed by atoms with Crippen LogP contribution in [0.5, 0.6) is 23.0 Å². The molecule has 2 fully saturated rings. The van der Waals surface area contributed by atoms with Crippen LogP contribution in [-0.2, 0) is 35.7 Å². The number of carbonyl (C=O) groups is 4. The van der Waals surface area contributed by atoms with Crippen molar-refractivity contribution in [2.45, 2.75) is 131 Å². The van der Waals surface area contributed by atoms with Crippen LogP contribution in [0.2, 0.25) is 0 Å². The molecular weight excluding hydrogens is 1090 g/mol. The lowest BCUT2D eigenvalue weighted by molar-refractivity contribution is 0.00468. The maximum atomic E-state index is 13.4. The van der Waals surface area contributed by atoms with Gasteiger partial charge < -0.3 is 67.6 Å². The lowest BCUT2D eigenvalue weighted by atomic mass is 10.0. The number of carboxylic acids is 1. The number of nitrogens with one attached hydrogen (secondary N) is 1. The number of aryl methyl sites for hydroxylation is 2. The summed E-state index contributed by atoms with van der Waals surface area (Å²) in [6.45, 7) is 23.2. The van der Waals surface area contributed by atoms with Gasteiger partial charge in [0.15, 0.2) is 23.0 Å². The molecular formula is C65H81N7O13. The van der Waals surface area contributed by atoms with Gasteiger partial charge in [0.25, 0.3) is 17.0 Å². The molecule has 0 atom stereocenters. The van der Waals surface area contributed by atoms with E-state index in [0.717, 1.165) is 90.8 Å². The fraction of sp³-hybridized carbons (Fsp3) is 0.477. The number of rotatable bonds is 14. The second-order valence-electron chi connectivity index (χ2n) is 24.3. The average molecular weight is 1170 g/mol. The molecule has 6 aromatic rings. The van der Waals surface area contributed by atoms with E-state index in [1.165, 1.54) is 12.1 Å². The Morgan fingerprint density at radius 3 is 1.32 bits per heavy atom. The van der Waals surface area contributed by atoms with E-state index < -0.39 is 17.2 Å². The van der Waals surface area contributed by atoms with E-state index >= 15 is 0 Å². The van der Waals surface area contributed by atoms with Gasteiger partial charge in [0.05, 0.1) is 16.6 Å². The molecule has 0 radical (unpaired) electrons. The normalized spacial score (nSPS) is 15.8. The van der Waals surface area contributed by atoms with Crippen molar-refractivity contribution in [2.24, 2.45) is 0 Å². The van der Waals surface area contributed by atoms with Crippen LogP contribution in [0, 0.1) is 13.8 Å². The molecule has 0 aliphatic carbocycles. The molecule has 0 bridgehead atoms. The molecule has 20 nitrogen and oxygen atoms in total. The Bertz CT molecular complexity index is 3550. The largest absolute Gasteiger partial charge is 0.486 e. The number of aromatic carboxylic acids is 1. The number of pyridine rings is 2. The number of piperidine rings is 2. The Labute approximate surface area is 496 Å². The molecule has 3 amide bonds. The minimum atomic E-state index is -1.01. The van der Waals surface area contributed by atoms with Gasteiger partial charge in [-0.3, -0.25) is 14.4 Å². The molecule has 2 N–H and O–H groups in total. The topological polar surface area (TPSA) is 213 Å². The number of hydrogen-bond donors (Lipinski definition) is 2. The first-order valence-corrected chi connectivity index (χ1v) is 29.5. The summed E-state index contributed by atoms with van der Waals surface area (Å²) < 4.78 is 37.9. The van der Waals surface area contributed by atoms with Crippen molar-refractivity contribution in [3.05, 3.63) is 139 Å². The van der Waals surface area contributed by atoms with E-state index in [1.54, 1.807) is 34.4 Å².